The van der Waals surface area contributed by atoms with E-state index in [4.69, 9.17) is 0 Å². The van der Waals surface area contributed by atoms with Gasteiger partial charge in [0, 0.05) is 6.42 Å². The van der Waals surface area contributed by atoms with Crippen molar-refractivity contribution in [3.8, 4) is 0 Å². The van der Waals surface area contributed by atoms with Gasteiger partial charge in [0.15, 0.2) is 5.78 Å². The predicted molar refractivity (Wildman–Crippen MR) is 47.8 cm³/mol. The number of amides is 2. The first kappa shape index (κ1) is 11.3. The molecule has 0 N–H and O–H groups in total. The minimum Gasteiger partial charge on any atom is -0.452 e. The van der Waals surface area contributed by atoms with Crippen molar-refractivity contribution in [1.29, 1.82) is 0 Å². The quantitative estimate of drug-likeness (QED) is 0.570. The van der Waals surface area contributed by atoms with Gasteiger partial charge >= 0.3 is 12.2 Å². The fourth-order valence-electron chi connectivity index (χ4n) is 1.25. The van der Waals surface area contributed by atoms with Gasteiger partial charge in [0.25, 0.3) is 0 Å². The average molecular weight is 216 g/mol. The number of nitrogens with zero attached hydrogens (tertiary/aromatic N) is 2. The molecule has 0 aliphatic carbocycles. The minimum atomic E-state index is -0.756. The largest absolute Gasteiger partial charge is 0.452 e. The van der Waals surface area contributed by atoms with Crippen molar-refractivity contribution in [2.24, 2.45) is 0 Å². The lowest BCUT2D eigenvalue weighted by molar-refractivity contribution is -0.129. The highest BCUT2D eigenvalue weighted by molar-refractivity contribution is 5.87. The van der Waals surface area contributed by atoms with Crippen LogP contribution in [0, 0.1) is 0 Å². The van der Waals surface area contributed by atoms with Crippen LogP contribution in [0.4, 0.5) is 9.59 Å². The molecule has 1 aliphatic heterocycles. The molecule has 1 heterocycles. The topological polar surface area (TPSA) is 76.2 Å². The molecule has 0 radical (unpaired) electrons. The highest BCUT2D eigenvalue weighted by atomic mass is 16.6. The Kier molecular flexibility index (Phi) is 3.48. The van der Waals surface area contributed by atoms with E-state index >= 15 is 0 Å². The van der Waals surface area contributed by atoms with Crippen molar-refractivity contribution in [3.05, 3.63) is 0 Å². The first-order chi connectivity index (χ1) is 7.10. The van der Waals surface area contributed by atoms with Gasteiger partial charge < -0.3 is 9.47 Å². The van der Waals surface area contributed by atoms with E-state index in [0.717, 1.165) is 10.0 Å². The first-order valence-electron chi connectivity index (χ1n) is 4.32. The third-order valence-corrected chi connectivity index (χ3v) is 1.99. The Bertz CT molecular complexity index is 291. The lowest BCUT2D eigenvalue weighted by Gasteiger charge is -2.34. The number of ketones is 1. The van der Waals surface area contributed by atoms with E-state index < -0.39 is 12.2 Å². The smallest absolute Gasteiger partial charge is 0.429 e. The van der Waals surface area contributed by atoms with Crippen molar-refractivity contribution < 1.29 is 23.9 Å². The number of rotatable bonds is 0. The summed E-state index contributed by atoms with van der Waals surface area (Å²) in [5.74, 6) is -0.124. The summed E-state index contributed by atoms with van der Waals surface area (Å²) in [6.07, 6.45) is -1.23. The summed E-state index contributed by atoms with van der Waals surface area (Å²) >= 11 is 0. The standard InChI is InChI=1S/C8H12N2O5/c1-14-7(12)9-4-3-6(11)5-10(9)8(13)15-2/h3-5H2,1-2H3. The van der Waals surface area contributed by atoms with Gasteiger partial charge in [-0.15, -0.1) is 0 Å². The molecule has 7 heteroatoms. The third-order valence-electron chi connectivity index (χ3n) is 1.99. The number of hydrazine groups is 1. The summed E-state index contributed by atoms with van der Waals surface area (Å²) in [5, 5.41) is 1.98. The monoisotopic (exact) mass is 216 g/mol. The molecule has 0 aromatic rings. The fraction of sp³-hybridized carbons (Fsp3) is 0.625. The highest BCUT2D eigenvalue weighted by Gasteiger charge is 2.33. The maximum Gasteiger partial charge on any atom is 0.429 e. The van der Waals surface area contributed by atoms with E-state index in [1.54, 1.807) is 0 Å². The number of carbonyl (C=O) groups is 3. The molecular weight excluding hydrogens is 204 g/mol. The van der Waals surface area contributed by atoms with Crippen molar-refractivity contribution in [2.45, 2.75) is 6.42 Å². The summed E-state index contributed by atoms with van der Waals surface area (Å²) in [6, 6.07) is 0. The van der Waals surface area contributed by atoms with Gasteiger partial charge in [-0.3, -0.25) is 4.79 Å². The van der Waals surface area contributed by atoms with Crippen LogP contribution in [0.5, 0.6) is 0 Å². The molecule has 1 aliphatic rings. The maximum absolute atomic E-state index is 11.2. The number of ether oxygens (including phenoxy) is 2. The van der Waals surface area contributed by atoms with Crippen LogP contribution >= 0.6 is 0 Å². The fourth-order valence-corrected chi connectivity index (χ4v) is 1.25. The third kappa shape index (κ3) is 2.36. The number of hydrogen-bond acceptors (Lipinski definition) is 5. The van der Waals surface area contributed by atoms with E-state index in [9.17, 15) is 14.4 Å². The Hall–Kier alpha value is -1.79. The van der Waals surface area contributed by atoms with E-state index in [1.807, 2.05) is 0 Å². The molecule has 0 spiro atoms. The van der Waals surface area contributed by atoms with Crippen LogP contribution in [0.2, 0.25) is 0 Å². The molecule has 15 heavy (non-hydrogen) atoms. The molecular formula is C8H12N2O5. The maximum atomic E-state index is 11.2. The van der Waals surface area contributed by atoms with Gasteiger partial charge in [0.1, 0.15) is 6.54 Å². The van der Waals surface area contributed by atoms with E-state index in [2.05, 4.69) is 9.47 Å². The predicted octanol–water partition coefficient (Wildman–Crippen LogP) is 0.0110. The summed E-state index contributed by atoms with van der Waals surface area (Å²) in [5.41, 5.74) is 0. The second-order valence-corrected chi connectivity index (χ2v) is 2.91. The van der Waals surface area contributed by atoms with Crippen LogP contribution in [0.1, 0.15) is 6.42 Å². The van der Waals surface area contributed by atoms with E-state index in [-0.39, 0.29) is 25.3 Å². The zero-order chi connectivity index (χ0) is 11.4. The van der Waals surface area contributed by atoms with Crippen LogP contribution < -0.4 is 0 Å². The van der Waals surface area contributed by atoms with E-state index in [1.165, 1.54) is 14.2 Å². The molecule has 7 nitrogen and oxygen atoms in total. The molecule has 0 saturated carbocycles. The lowest BCUT2D eigenvalue weighted by atomic mass is 10.2. The molecule has 0 atom stereocenters. The number of carbonyl (C=O) groups excluding carboxylic acids is 3. The van der Waals surface area contributed by atoms with Gasteiger partial charge in [-0.1, -0.05) is 0 Å². The minimum absolute atomic E-state index is 0.124. The molecule has 2 amide bonds. The van der Waals surface area contributed by atoms with Crippen LogP contribution in [0.25, 0.3) is 0 Å². The van der Waals surface area contributed by atoms with Crippen molar-refractivity contribution in [3.63, 3.8) is 0 Å². The van der Waals surface area contributed by atoms with Crippen LogP contribution in [-0.2, 0) is 14.3 Å². The molecule has 0 aromatic heterocycles. The number of Topliss-reactive ketones (excluding diaryl/α,β-unsaturated/α-hetero) is 1. The number of hydrogen-bond donors (Lipinski definition) is 0. The molecule has 1 rings (SSSR count). The normalized spacial score (nSPS) is 16.3. The van der Waals surface area contributed by atoms with Gasteiger partial charge in [-0.05, 0) is 0 Å². The molecule has 1 saturated heterocycles. The second-order valence-electron chi connectivity index (χ2n) is 2.91. The van der Waals surface area contributed by atoms with Crippen LogP contribution in [0.3, 0.4) is 0 Å². The summed E-state index contributed by atoms with van der Waals surface area (Å²) in [4.78, 5) is 33.6. The second kappa shape index (κ2) is 4.63. The highest BCUT2D eigenvalue weighted by Crippen LogP contribution is 2.11. The van der Waals surface area contributed by atoms with Crippen LogP contribution in [-0.4, -0.2) is 55.3 Å². The lowest BCUT2D eigenvalue weighted by Crippen LogP contribution is -2.55. The zero-order valence-corrected chi connectivity index (χ0v) is 8.56. The SMILES string of the molecule is COC(=O)N1CCC(=O)CN1C(=O)OC. The Labute approximate surface area is 86.5 Å². The molecule has 0 aromatic carbocycles. The molecule has 84 valence electrons. The Morgan fingerprint density at radius 3 is 2.20 bits per heavy atom. The summed E-state index contributed by atoms with van der Waals surface area (Å²) in [7, 11) is 2.38. The van der Waals surface area contributed by atoms with Crippen molar-refractivity contribution in [2.75, 3.05) is 27.3 Å². The molecule has 0 bridgehead atoms. The van der Waals surface area contributed by atoms with Crippen molar-refractivity contribution >= 4 is 18.0 Å². The summed E-state index contributed by atoms with van der Waals surface area (Å²) in [6.45, 7) is -0.0393. The Morgan fingerprint density at radius 2 is 1.67 bits per heavy atom. The average Bonchev–Trinajstić information content (AvgIpc) is 2.26. The van der Waals surface area contributed by atoms with Crippen LogP contribution in [0.15, 0.2) is 0 Å². The number of methoxy groups -OCH3 is 2. The Balaban J connectivity index is 2.79. The van der Waals surface area contributed by atoms with Crippen molar-refractivity contribution in [1.82, 2.24) is 10.0 Å². The van der Waals surface area contributed by atoms with E-state index in [0.29, 0.717) is 0 Å². The van der Waals surface area contributed by atoms with Gasteiger partial charge in [0.05, 0.1) is 20.8 Å². The Morgan fingerprint density at radius 1 is 1.13 bits per heavy atom. The van der Waals surface area contributed by atoms with Gasteiger partial charge in [-0.25, -0.2) is 19.6 Å². The first-order valence-corrected chi connectivity index (χ1v) is 4.32. The molecule has 1 fully saturated rings. The summed E-state index contributed by atoms with van der Waals surface area (Å²) < 4.78 is 8.92. The molecule has 0 unspecified atom stereocenters. The van der Waals surface area contributed by atoms with Gasteiger partial charge in [-0.2, -0.15) is 0 Å². The van der Waals surface area contributed by atoms with Gasteiger partial charge in [0.2, 0.25) is 0 Å². The zero-order valence-electron chi connectivity index (χ0n) is 8.56.